The van der Waals surface area contributed by atoms with E-state index in [1.807, 2.05) is 0 Å². The van der Waals surface area contributed by atoms with E-state index in [4.69, 9.17) is 0 Å². The Bertz CT molecular complexity index is 666. The van der Waals surface area contributed by atoms with Gasteiger partial charge in [0.1, 0.15) is 11.5 Å². The molecule has 2 N–H and O–H groups in total. The summed E-state index contributed by atoms with van der Waals surface area (Å²) in [5, 5.41) is 16.5. The van der Waals surface area contributed by atoms with Gasteiger partial charge in [0, 0.05) is 24.6 Å². The Morgan fingerprint density at radius 1 is 1.45 bits per heavy atom. The molecule has 22 heavy (non-hydrogen) atoms. The molecule has 5 nitrogen and oxygen atoms in total. The van der Waals surface area contributed by atoms with Gasteiger partial charge in [0.2, 0.25) is 0 Å². The molecule has 1 saturated heterocycles. The molecular weight excluding hydrogens is 285 g/mol. The number of carbonyl (C=O) groups is 1. The molecule has 1 fully saturated rings. The molecule has 0 spiro atoms. The first-order valence-electron chi connectivity index (χ1n) is 7.33. The lowest BCUT2D eigenvalue weighted by Crippen LogP contribution is -2.30. The summed E-state index contributed by atoms with van der Waals surface area (Å²) in [6.45, 7) is 2.95. The summed E-state index contributed by atoms with van der Waals surface area (Å²) >= 11 is 0. The number of nitrogens with one attached hydrogen (secondary N) is 1. The number of hydrogen-bond donors (Lipinski definition) is 2. The van der Waals surface area contributed by atoms with Crippen molar-refractivity contribution in [1.29, 1.82) is 0 Å². The molecule has 2 heterocycles. The van der Waals surface area contributed by atoms with Crippen LogP contribution in [0.3, 0.4) is 0 Å². The molecule has 2 aromatic rings. The predicted molar refractivity (Wildman–Crippen MR) is 79.7 cm³/mol. The van der Waals surface area contributed by atoms with Crippen LogP contribution < -0.4 is 0 Å². The van der Waals surface area contributed by atoms with Crippen molar-refractivity contribution in [3.63, 3.8) is 0 Å². The number of carbonyl (C=O) groups excluding carboxylic acids is 1. The highest BCUT2D eigenvalue weighted by molar-refractivity contribution is 5.93. The van der Waals surface area contributed by atoms with E-state index in [9.17, 15) is 14.3 Å². The summed E-state index contributed by atoms with van der Waals surface area (Å²) in [6, 6.07) is 7.64. The van der Waals surface area contributed by atoms with E-state index < -0.39 is 6.10 Å². The number of aromatic amines is 1. The molecular formula is C16H18FN3O2. The van der Waals surface area contributed by atoms with Crippen molar-refractivity contribution in [3.05, 3.63) is 41.8 Å². The number of H-pyrrole nitrogens is 1. The first-order chi connectivity index (χ1) is 10.5. The molecule has 0 radical (unpaired) electrons. The topological polar surface area (TPSA) is 69.2 Å². The van der Waals surface area contributed by atoms with Crippen molar-refractivity contribution < 1.29 is 14.3 Å². The van der Waals surface area contributed by atoms with Crippen molar-refractivity contribution >= 4 is 5.91 Å². The number of aliphatic hydroxyl groups excluding tert-OH is 1. The average molecular weight is 303 g/mol. The minimum atomic E-state index is -0.408. The van der Waals surface area contributed by atoms with Gasteiger partial charge in [-0.05, 0) is 43.7 Å². The van der Waals surface area contributed by atoms with Gasteiger partial charge in [0.15, 0.2) is 0 Å². The zero-order valence-electron chi connectivity index (χ0n) is 12.3. The lowest BCUT2D eigenvalue weighted by molar-refractivity contribution is 0.0757. The Morgan fingerprint density at radius 2 is 2.18 bits per heavy atom. The van der Waals surface area contributed by atoms with Gasteiger partial charge in [-0.15, -0.1) is 0 Å². The third-order valence-electron chi connectivity index (χ3n) is 4.14. The number of aromatic nitrogens is 2. The molecule has 1 amide bonds. The predicted octanol–water partition coefficient (Wildman–Crippen LogP) is 2.06. The molecule has 6 heteroatoms. The Labute approximate surface area is 127 Å². The van der Waals surface area contributed by atoms with Crippen LogP contribution in [0.25, 0.3) is 11.3 Å². The summed E-state index contributed by atoms with van der Waals surface area (Å²) < 4.78 is 12.9. The Kier molecular flexibility index (Phi) is 3.94. The van der Waals surface area contributed by atoms with E-state index in [2.05, 4.69) is 10.2 Å². The van der Waals surface area contributed by atoms with Crippen molar-refractivity contribution in [1.82, 2.24) is 15.1 Å². The molecule has 1 aromatic heterocycles. The van der Waals surface area contributed by atoms with E-state index in [-0.39, 0.29) is 17.6 Å². The molecule has 1 aliphatic rings. The molecule has 1 aromatic carbocycles. The summed E-state index contributed by atoms with van der Waals surface area (Å²) in [5.74, 6) is -0.302. The highest BCUT2D eigenvalue weighted by Gasteiger charge is 2.30. The smallest absolute Gasteiger partial charge is 0.271 e. The van der Waals surface area contributed by atoms with Crippen LogP contribution in [0.1, 0.15) is 23.8 Å². The SMILES string of the molecule is CC(O)C1CCN(C(=O)c2cc(-c3ccc(F)cc3)n[nH]2)C1. The van der Waals surface area contributed by atoms with Crippen molar-refractivity contribution in [2.24, 2.45) is 5.92 Å². The zero-order chi connectivity index (χ0) is 15.7. The highest BCUT2D eigenvalue weighted by Crippen LogP contribution is 2.23. The maximum Gasteiger partial charge on any atom is 0.271 e. The van der Waals surface area contributed by atoms with Gasteiger partial charge in [-0.1, -0.05) is 0 Å². The quantitative estimate of drug-likeness (QED) is 0.912. The summed E-state index contributed by atoms with van der Waals surface area (Å²) in [6.07, 6.45) is 0.400. The van der Waals surface area contributed by atoms with Crippen molar-refractivity contribution in [2.45, 2.75) is 19.4 Å². The second kappa shape index (κ2) is 5.88. The summed E-state index contributed by atoms with van der Waals surface area (Å²) in [4.78, 5) is 14.1. The fraction of sp³-hybridized carbons (Fsp3) is 0.375. The molecule has 1 aliphatic heterocycles. The van der Waals surface area contributed by atoms with E-state index >= 15 is 0 Å². The number of benzene rings is 1. The molecule has 2 atom stereocenters. The van der Waals surface area contributed by atoms with Gasteiger partial charge < -0.3 is 10.0 Å². The molecule has 116 valence electrons. The van der Waals surface area contributed by atoms with Gasteiger partial charge in [0.05, 0.1) is 11.8 Å². The van der Waals surface area contributed by atoms with E-state index in [0.29, 0.717) is 24.5 Å². The lowest BCUT2D eigenvalue weighted by atomic mass is 10.0. The number of likely N-dealkylation sites (tertiary alicyclic amines) is 1. The molecule has 0 saturated carbocycles. The van der Waals surface area contributed by atoms with Crippen molar-refractivity contribution in [3.8, 4) is 11.3 Å². The monoisotopic (exact) mass is 303 g/mol. The zero-order valence-corrected chi connectivity index (χ0v) is 12.3. The number of aliphatic hydroxyl groups is 1. The van der Waals surface area contributed by atoms with Crippen LogP contribution in [0.15, 0.2) is 30.3 Å². The minimum absolute atomic E-state index is 0.121. The van der Waals surface area contributed by atoms with Crippen LogP contribution >= 0.6 is 0 Å². The largest absolute Gasteiger partial charge is 0.393 e. The third kappa shape index (κ3) is 2.87. The fourth-order valence-corrected chi connectivity index (χ4v) is 2.74. The second-order valence-corrected chi connectivity index (χ2v) is 5.71. The van der Waals surface area contributed by atoms with Gasteiger partial charge in [-0.3, -0.25) is 9.89 Å². The second-order valence-electron chi connectivity index (χ2n) is 5.71. The van der Waals surface area contributed by atoms with Crippen LogP contribution in [-0.4, -0.2) is 45.3 Å². The van der Waals surface area contributed by atoms with Gasteiger partial charge in [-0.25, -0.2) is 4.39 Å². The standard InChI is InChI=1S/C16H18FN3O2/c1-10(21)12-6-7-20(9-12)16(22)15-8-14(18-19-15)11-2-4-13(17)5-3-11/h2-5,8,10,12,21H,6-7,9H2,1H3,(H,18,19). The normalized spacial score (nSPS) is 19.4. The van der Waals surface area contributed by atoms with Gasteiger partial charge in [-0.2, -0.15) is 5.10 Å². The van der Waals surface area contributed by atoms with E-state index in [0.717, 1.165) is 12.0 Å². The van der Waals surface area contributed by atoms with Gasteiger partial charge >= 0.3 is 0 Å². The fourth-order valence-electron chi connectivity index (χ4n) is 2.74. The lowest BCUT2D eigenvalue weighted by Gasteiger charge is -2.16. The molecule has 3 rings (SSSR count). The Hall–Kier alpha value is -2.21. The van der Waals surface area contributed by atoms with E-state index in [1.165, 1.54) is 12.1 Å². The van der Waals surface area contributed by atoms with E-state index in [1.54, 1.807) is 30.0 Å². The first kappa shape index (κ1) is 14.7. The first-order valence-corrected chi connectivity index (χ1v) is 7.33. The third-order valence-corrected chi connectivity index (χ3v) is 4.14. The Morgan fingerprint density at radius 3 is 2.82 bits per heavy atom. The average Bonchev–Trinajstić information content (AvgIpc) is 3.17. The minimum Gasteiger partial charge on any atom is -0.393 e. The highest BCUT2D eigenvalue weighted by atomic mass is 19.1. The number of rotatable bonds is 3. The number of halogens is 1. The Balaban J connectivity index is 1.74. The molecule has 0 aliphatic carbocycles. The molecule has 0 bridgehead atoms. The molecule has 2 unspecified atom stereocenters. The van der Waals surface area contributed by atoms with Crippen LogP contribution in [-0.2, 0) is 0 Å². The maximum atomic E-state index is 12.9. The number of nitrogens with zero attached hydrogens (tertiary/aromatic N) is 2. The van der Waals surface area contributed by atoms with Crippen LogP contribution in [0.5, 0.6) is 0 Å². The van der Waals surface area contributed by atoms with Crippen LogP contribution in [0.4, 0.5) is 4.39 Å². The summed E-state index contributed by atoms with van der Waals surface area (Å²) in [7, 11) is 0. The number of amides is 1. The number of hydrogen-bond acceptors (Lipinski definition) is 3. The maximum absolute atomic E-state index is 12.9. The van der Waals surface area contributed by atoms with Crippen molar-refractivity contribution in [2.75, 3.05) is 13.1 Å². The summed E-state index contributed by atoms with van der Waals surface area (Å²) in [5.41, 5.74) is 1.76. The van der Waals surface area contributed by atoms with Gasteiger partial charge in [0.25, 0.3) is 5.91 Å². The van der Waals surface area contributed by atoms with Crippen LogP contribution in [0, 0.1) is 11.7 Å². The van der Waals surface area contributed by atoms with Crippen LogP contribution in [0.2, 0.25) is 0 Å².